The van der Waals surface area contributed by atoms with E-state index in [0.717, 1.165) is 13.1 Å². The smallest absolute Gasteiger partial charge is 0.0168 e. The Morgan fingerprint density at radius 1 is 1.36 bits per heavy atom. The van der Waals surface area contributed by atoms with Gasteiger partial charge in [0.15, 0.2) is 0 Å². The van der Waals surface area contributed by atoms with Crippen LogP contribution in [0.1, 0.15) is 12.5 Å². The first kappa shape index (κ1) is 10.7. The Labute approximate surface area is 86.2 Å². The first-order valence-electron chi connectivity index (χ1n) is 4.87. The lowest BCUT2D eigenvalue weighted by Gasteiger charge is -2.01. The van der Waals surface area contributed by atoms with Gasteiger partial charge < -0.3 is 5.32 Å². The summed E-state index contributed by atoms with van der Waals surface area (Å²) in [5, 5.41) is 3.27. The van der Waals surface area contributed by atoms with Crippen LogP contribution in [0.4, 0.5) is 0 Å². The second-order valence-corrected chi connectivity index (χ2v) is 3.32. The Bertz CT molecular complexity index is 298. The molecule has 0 aliphatic rings. The zero-order valence-corrected chi connectivity index (χ0v) is 8.66. The fourth-order valence-corrected chi connectivity index (χ4v) is 1.26. The van der Waals surface area contributed by atoms with Crippen LogP contribution in [-0.4, -0.2) is 13.1 Å². The molecule has 1 rings (SSSR count). The van der Waals surface area contributed by atoms with Crippen molar-refractivity contribution in [1.29, 1.82) is 0 Å². The topological polar surface area (TPSA) is 12.0 Å². The van der Waals surface area contributed by atoms with Crippen LogP contribution >= 0.6 is 0 Å². The van der Waals surface area contributed by atoms with E-state index in [2.05, 4.69) is 49.2 Å². The van der Waals surface area contributed by atoms with Gasteiger partial charge in [-0.1, -0.05) is 48.1 Å². The van der Waals surface area contributed by atoms with Gasteiger partial charge in [0, 0.05) is 13.1 Å². The summed E-state index contributed by atoms with van der Waals surface area (Å²) in [6.07, 6.45) is 4.06. The monoisotopic (exact) mass is 187 g/mol. The summed E-state index contributed by atoms with van der Waals surface area (Å²) >= 11 is 0. The van der Waals surface area contributed by atoms with Crippen molar-refractivity contribution < 1.29 is 0 Å². The van der Waals surface area contributed by atoms with Crippen LogP contribution in [0.25, 0.3) is 6.08 Å². The number of rotatable bonds is 5. The third kappa shape index (κ3) is 4.06. The summed E-state index contributed by atoms with van der Waals surface area (Å²) in [5.74, 6) is 0. The van der Waals surface area contributed by atoms with Crippen molar-refractivity contribution in [3.8, 4) is 0 Å². The fraction of sp³-hybridized carbons (Fsp3) is 0.231. The van der Waals surface area contributed by atoms with E-state index in [-0.39, 0.29) is 0 Å². The van der Waals surface area contributed by atoms with Gasteiger partial charge in [-0.3, -0.25) is 0 Å². The molecule has 0 aliphatic carbocycles. The predicted octanol–water partition coefficient (Wildman–Crippen LogP) is 2.87. The lowest BCUT2D eigenvalue weighted by molar-refractivity contribution is 0.818. The van der Waals surface area contributed by atoms with E-state index >= 15 is 0 Å². The Balaban J connectivity index is 2.47. The van der Waals surface area contributed by atoms with Gasteiger partial charge in [0.2, 0.25) is 0 Å². The molecule has 0 bridgehead atoms. The highest BCUT2D eigenvalue weighted by Gasteiger charge is 1.89. The van der Waals surface area contributed by atoms with Crippen LogP contribution in [-0.2, 0) is 0 Å². The molecule has 0 aliphatic heterocycles. The largest absolute Gasteiger partial charge is 0.310 e. The van der Waals surface area contributed by atoms with Crippen molar-refractivity contribution in [3.05, 3.63) is 54.1 Å². The van der Waals surface area contributed by atoms with Gasteiger partial charge >= 0.3 is 0 Å². The average molecular weight is 187 g/mol. The number of hydrogen-bond donors (Lipinski definition) is 1. The molecular weight excluding hydrogens is 170 g/mol. The van der Waals surface area contributed by atoms with Crippen LogP contribution in [0.2, 0.25) is 0 Å². The Morgan fingerprint density at radius 3 is 2.71 bits per heavy atom. The molecule has 0 spiro atoms. The first-order valence-corrected chi connectivity index (χ1v) is 4.87. The van der Waals surface area contributed by atoms with Crippen LogP contribution in [0.15, 0.2) is 48.6 Å². The molecule has 0 atom stereocenters. The Hall–Kier alpha value is -1.34. The maximum atomic E-state index is 3.66. The molecule has 1 aromatic rings. The SMILES string of the molecule is C=CCNCC(C)=Cc1ccccc1. The molecular formula is C13H17N. The quantitative estimate of drug-likeness (QED) is 0.552. The third-order valence-electron chi connectivity index (χ3n) is 1.91. The highest BCUT2D eigenvalue weighted by atomic mass is 14.8. The maximum absolute atomic E-state index is 3.66. The third-order valence-corrected chi connectivity index (χ3v) is 1.91. The highest BCUT2D eigenvalue weighted by molar-refractivity contribution is 5.52. The van der Waals surface area contributed by atoms with Gasteiger partial charge in [0.05, 0.1) is 0 Å². The molecule has 0 radical (unpaired) electrons. The van der Waals surface area contributed by atoms with Crippen LogP contribution in [0, 0.1) is 0 Å². The van der Waals surface area contributed by atoms with E-state index in [1.165, 1.54) is 11.1 Å². The van der Waals surface area contributed by atoms with Crippen molar-refractivity contribution in [1.82, 2.24) is 5.32 Å². The molecule has 14 heavy (non-hydrogen) atoms. The van der Waals surface area contributed by atoms with Gasteiger partial charge in [-0.05, 0) is 12.5 Å². The summed E-state index contributed by atoms with van der Waals surface area (Å²) < 4.78 is 0. The minimum atomic E-state index is 0.861. The number of nitrogens with one attached hydrogen (secondary N) is 1. The second-order valence-electron chi connectivity index (χ2n) is 3.32. The standard InChI is InChI=1S/C13H17N/c1-3-9-14-11-12(2)10-13-7-5-4-6-8-13/h3-8,10,14H,1,9,11H2,2H3. The Kier molecular flexibility index (Phi) is 4.73. The van der Waals surface area contributed by atoms with Gasteiger partial charge in [-0.25, -0.2) is 0 Å². The molecule has 1 aromatic carbocycles. The molecule has 0 aromatic heterocycles. The van der Waals surface area contributed by atoms with Crippen LogP contribution < -0.4 is 5.32 Å². The molecule has 1 nitrogen and oxygen atoms in total. The van der Waals surface area contributed by atoms with Crippen LogP contribution in [0.5, 0.6) is 0 Å². The van der Waals surface area contributed by atoms with E-state index in [9.17, 15) is 0 Å². The van der Waals surface area contributed by atoms with Gasteiger partial charge in [0.25, 0.3) is 0 Å². The number of hydrogen-bond acceptors (Lipinski definition) is 1. The van der Waals surface area contributed by atoms with Gasteiger partial charge in [-0.2, -0.15) is 0 Å². The van der Waals surface area contributed by atoms with Crippen LogP contribution in [0.3, 0.4) is 0 Å². The van der Waals surface area contributed by atoms with Crippen molar-refractivity contribution in [2.45, 2.75) is 6.92 Å². The lowest BCUT2D eigenvalue weighted by atomic mass is 10.1. The van der Waals surface area contributed by atoms with E-state index in [4.69, 9.17) is 0 Å². The van der Waals surface area contributed by atoms with Crippen molar-refractivity contribution in [2.24, 2.45) is 0 Å². The van der Waals surface area contributed by atoms with E-state index in [1.54, 1.807) is 0 Å². The average Bonchev–Trinajstić information content (AvgIpc) is 2.20. The fourth-order valence-electron chi connectivity index (χ4n) is 1.26. The predicted molar refractivity (Wildman–Crippen MR) is 63.2 cm³/mol. The summed E-state index contributed by atoms with van der Waals surface area (Å²) in [7, 11) is 0. The minimum Gasteiger partial charge on any atom is -0.310 e. The molecule has 74 valence electrons. The van der Waals surface area contributed by atoms with E-state index in [1.807, 2.05) is 12.1 Å². The molecule has 0 saturated heterocycles. The molecule has 0 unspecified atom stereocenters. The van der Waals surface area contributed by atoms with Gasteiger partial charge in [0.1, 0.15) is 0 Å². The minimum absolute atomic E-state index is 0.861. The zero-order valence-electron chi connectivity index (χ0n) is 8.66. The van der Waals surface area contributed by atoms with Crippen molar-refractivity contribution in [2.75, 3.05) is 13.1 Å². The highest BCUT2D eigenvalue weighted by Crippen LogP contribution is 2.04. The zero-order chi connectivity index (χ0) is 10.2. The first-order chi connectivity index (χ1) is 6.83. The van der Waals surface area contributed by atoms with Crippen molar-refractivity contribution >= 4 is 6.08 Å². The molecule has 0 heterocycles. The summed E-state index contributed by atoms with van der Waals surface area (Å²) in [5.41, 5.74) is 2.59. The molecule has 0 saturated carbocycles. The van der Waals surface area contributed by atoms with E-state index < -0.39 is 0 Å². The molecule has 1 N–H and O–H groups in total. The molecule has 0 amide bonds. The second kappa shape index (κ2) is 6.17. The van der Waals surface area contributed by atoms with Gasteiger partial charge in [-0.15, -0.1) is 6.58 Å². The Morgan fingerprint density at radius 2 is 2.07 bits per heavy atom. The normalized spacial score (nSPS) is 11.4. The summed E-state index contributed by atoms with van der Waals surface area (Å²) in [6.45, 7) is 7.57. The summed E-state index contributed by atoms with van der Waals surface area (Å²) in [6, 6.07) is 10.4. The summed E-state index contributed by atoms with van der Waals surface area (Å²) in [4.78, 5) is 0. The molecule has 0 fully saturated rings. The lowest BCUT2D eigenvalue weighted by Crippen LogP contribution is -2.15. The van der Waals surface area contributed by atoms with Crippen molar-refractivity contribution in [3.63, 3.8) is 0 Å². The van der Waals surface area contributed by atoms with E-state index in [0.29, 0.717) is 0 Å². The number of benzene rings is 1. The maximum Gasteiger partial charge on any atom is 0.0168 e. The molecule has 1 heteroatoms.